The number of carbonyl (C=O) groups is 2. The number of ketones is 2. The van der Waals surface area contributed by atoms with Gasteiger partial charge in [0.2, 0.25) is 0 Å². The molecule has 4 rings (SSSR count). The number of hydrogen-bond donors (Lipinski definition) is 2. The molecule has 0 saturated carbocycles. The minimum atomic E-state index is -4.79. The SMILES string of the molecule is CCCCCCC(C)C(C)(C)C(=O)c1ccc(F)c([NH][Ti]([NH]c2c(F)ccc(C(=O)C(C)(C)C(C)CCCCCC)c2F)([C]2=C(C)C=CC2)[C]2=C(C)C=CC2)c1F. The molecule has 0 heterocycles. The summed E-state index contributed by atoms with van der Waals surface area (Å²) in [6.07, 6.45) is 18.4. The van der Waals surface area contributed by atoms with E-state index in [0.29, 0.717) is 12.8 Å². The first-order chi connectivity index (χ1) is 26.9. The van der Waals surface area contributed by atoms with Crippen LogP contribution in [0, 0.1) is 45.9 Å². The summed E-state index contributed by atoms with van der Waals surface area (Å²) in [6.45, 7) is 19.3. The van der Waals surface area contributed by atoms with Crippen LogP contribution in [0.2, 0.25) is 0 Å². The number of allylic oxidation sites excluding steroid dienone is 8. The molecule has 57 heavy (non-hydrogen) atoms. The summed E-state index contributed by atoms with van der Waals surface area (Å²) in [4.78, 5) is 28.4. The van der Waals surface area contributed by atoms with E-state index in [4.69, 9.17) is 0 Å². The fourth-order valence-electron chi connectivity index (χ4n) is 8.32. The van der Waals surface area contributed by atoms with E-state index in [-0.39, 0.29) is 23.0 Å². The van der Waals surface area contributed by atoms with Gasteiger partial charge in [-0.1, -0.05) is 13.8 Å². The Bertz CT molecular complexity index is 1790. The Hall–Kier alpha value is -3.23. The number of benzene rings is 2. The van der Waals surface area contributed by atoms with Crippen LogP contribution in [0.4, 0.5) is 28.9 Å². The number of Topliss-reactive ketones (excluding diaryl/α,β-unsaturated/α-hetero) is 2. The number of hydrogen-bond acceptors (Lipinski definition) is 4. The fourth-order valence-corrected chi connectivity index (χ4v) is 15.2. The van der Waals surface area contributed by atoms with Crippen LogP contribution in [0.15, 0.2) is 67.5 Å². The molecule has 0 fully saturated rings. The van der Waals surface area contributed by atoms with Crippen molar-refractivity contribution in [3.63, 3.8) is 0 Å². The zero-order valence-corrected chi connectivity index (χ0v) is 37.6. The molecule has 2 atom stereocenters. The van der Waals surface area contributed by atoms with Crippen molar-refractivity contribution in [2.75, 3.05) is 7.60 Å². The normalized spacial score (nSPS) is 15.8. The van der Waals surface area contributed by atoms with Gasteiger partial charge in [-0.25, -0.2) is 0 Å². The monoisotopic (exact) mass is 826 g/mol. The summed E-state index contributed by atoms with van der Waals surface area (Å²) in [7, 11) is 0. The predicted octanol–water partition coefficient (Wildman–Crippen LogP) is 14.8. The van der Waals surface area contributed by atoms with E-state index in [2.05, 4.69) is 21.4 Å². The van der Waals surface area contributed by atoms with Crippen molar-refractivity contribution in [3.8, 4) is 0 Å². The molecule has 0 radical (unpaired) electrons. The minimum absolute atomic E-state index is 0.0640. The van der Waals surface area contributed by atoms with Crippen LogP contribution < -0.4 is 7.60 Å². The quantitative estimate of drug-likeness (QED) is 0.0537. The van der Waals surface area contributed by atoms with Gasteiger partial charge in [0.1, 0.15) is 0 Å². The third kappa shape index (κ3) is 9.98. The van der Waals surface area contributed by atoms with Gasteiger partial charge < -0.3 is 0 Å². The number of anilines is 2. The van der Waals surface area contributed by atoms with E-state index in [0.717, 1.165) is 95.2 Å². The summed E-state index contributed by atoms with van der Waals surface area (Å²) in [5.74, 6) is -4.89. The molecule has 9 heteroatoms. The van der Waals surface area contributed by atoms with Gasteiger partial charge >= 0.3 is 332 Å². The molecule has 0 amide bonds. The van der Waals surface area contributed by atoms with E-state index in [1.807, 2.05) is 79.7 Å². The molecule has 4 nitrogen and oxygen atoms in total. The van der Waals surface area contributed by atoms with E-state index in [1.165, 1.54) is 12.1 Å². The molecule has 2 aromatic carbocycles. The number of nitrogens with one attached hydrogen (secondary N) is 2. The second kappa shape index (κ2) is 19.7. The van der Waals surface area contributed by atoms with Crippen LogP contribution in [0.25, 0.3) is 0 Å². The molecule has 0 aromatic heterocycles. The molecular weight excluding hydrogens is 760 g/mol. The number of unbranched alkanes of at least 4 members (excludes halogenated alkanes) is 6. The fraction of sp³-hybridized carbons (Fsp3) is 0.542. The Morgan fingerprint density at radius 2 is 1.00 bits per heavy atom. The first-order valence-electron chi connectivity index (χ1n) is 21.2. The molecule has 0 bridgehead atoms. The molecule has 312 valence electrons. The number of carbonyl (C=O) groups excluding carboxylic acids is 2. The van der Waals surface area contributed by atoms with Crippen molar-refractivity contribution in [2.45, 2.75) is 146 Å². The molecule has 2 N–H and O–H groups in total. The Kier molecular flexibility index (Phi) is 16.0. The van der Waals surface area contributed by atoms with Crippen LogP contribution in [-0.4, -0.2) is 11.6 Å². The maximum absolute atomic E-state index is 17.1. The molecule has 0 aliphatic heterocycles. The van der Waals surface area contributed by atoms with Gasteiger partial charge in [0, 0.05) is 0 Å². The van der Waals surface area contributed by atoms with Crippen LogP contribution in [0.1, 0.15) is 167 Å². The van der Waals surface area contributed by atoms with Crippen LogP contribution in [-0.2, 0) is 17.1 Å². The number of halogens is 4. The van der Waals surface area contributed by atoms with Gasteiger partial charge in [-0.05, 0) is 0 Å². The Balaban J connectivity index is 1.86. The van der Waals surface area contributed by atoms with E-state index < -0.39 is 74.1 Å². The Morgan fingerprint density at radius 3 is 1.32 bits per heavy atom. The van der Waals surface area contributed by atoms with E-state index in [1.54, 1.807) is 0 Å². The molecule has 0 spiro atoms. The number of rotatable bonds is 22. The zero-order chi connectivity index (χ0) is 42.3. The molecular formula is C48H66F4N2O2Ti. The summed E-state index contributed by atoms with van der Waals surface area (Å²) < 4.78 is 74.7. The third-order valence-electron chi connectivity index (χ3n) is 13.1. The van der Waals surface area contributed by atoms with Crippen LogP contribution in [0.3, 0.4) is 0 Å². The van der Waals surface area contributed by atoms with Gasteiger partial charge in [-0.2, -0.15) is 0 Å². The van der Waals surface area contributed by atoms with Crippen molar-refractivity contribution in [2.24, 2.45) is 22.7 Å². The summed E-state index contributed by atoms with van der Waals surface area (Å²) in [6, 6.07) is 4.61. The Labute approximate surface area is 344 Å². The van der Waals surface area contributed by atoms with Crippen LogP contribution in [0.5, 0.6) is 0 Å². The third-order valence-corrected chi connectivity index (χ3v) is 19.8. The van der Waals surface area contributed by atoms with Crippen molar-refractivity contribution in [1.29, 1.82) is 0 Å². The first-order valence-corrected chi connectivity index (χ1v) is 24.3. The van der Waals surface area contributed by atoms with Gasteiger partial charge in [0.15, 0.2) is 0 Å². The second-order valence-corrected chi connectivity index (χ2v) is 22.7. The molecule has 2 aliphatic carbocycles. The van der Waals surface area contributed by atoms with Crippen molar-refractivity contribution in [3.05, 3.63) is 102 Å². The maximum atomic E-state index is 17.1. The topological polar surface area (TPSA) is 58.2 Å². The average Bonchev–Trinajstić information content (AvgIpc) is 3.82. The summed E-state index contributed by atoms with van der Waals surface area (Å²) >= 11 is -4.79. The van der Waals surface area contributed by atoms with E-state index >= 15 is 17.6 Å². The molecule has 2 aromatic rings. The van der Waals surface area contributed by atoms with Gasteiger partial charge in [0.05, 0.1) is 0 Å². The van der Waals surface area contributed by atoms with Crippen molar-refractivity contribution >= 4 is 22.9 Å². The zero-order valence-electron chi connectivity index (χ0n) is 36.1. The Morgan fingerprint density at radius 1 is 0.632 bits per heavy atom. The van der Waals surface area contributed by atoms with Gasteiger partial charge in [-0.3, -0.25) is 0 Å². The predicted molar refractivity (Wildman–Crippen MR) is 225 cm³/mol. The second-order valence-electron chi connectivity index (χ2n) is 17.7. The molecule has 0 saturated heterocycles. The van der Waals surface area contributed by atoms with Crippen molar-refractivity contribution < 1.29 is 44.3 Å². The van der Waals surface area contributed by atoms with Gasteiger partial charge in [0.25, 0.3) is 0 Å². The van der Waals surface area contributed by atoms with Crippen molar-refractivity contribution in [1.82, 2.24) is 0 Å². The van der Waals surface area contributed by atoms with E-state index in [9.17, 15) is 9.59 Å². The standard InChI is InChI=1S/2C18H26F2NO.2C6H7.Ti/c2*1-5-6-7-8-9-12(2)18(3,4)17(22)13-10-11-14(19)16(21)15(13)20;2*1-6-4-2-3-5-6;/h2*10-12,21H,5-9H2,1-4H3;2*2,4H,3H2,1H3;/q2*-1;;;+2. The molecule has 2 unspecified atom stereocenters. The molecule has 2 aliphatic rings. The first kappa shape index (κ1) is 46.5. The summed E-state index contributed by atoms with van der Waals surface area (Å²) in [5.41, 5.74) is -1.73. The van der Waals surface area contributed by atoms with Crippen LogP contribution >= 0.6 is 0 Å². The average molecular weight is 827 g/mol. The summed E-state index contributed by atoms with van der Waals surface area (Å²) in [5, 5.41) is 0. The van der Waals surface area contributed by atoms with Gasteiger partial charge in [-0.15, -0.1) is 0 Å².